The Bertz CT molecular complexity index is 401. The first kappa shape index (κ1) is 16.4. The first-order valence-electron chi connectivity index (χ1n) is 8.63. The average molecular weight is 289 g/mol. The molecule has 0 amide bonds. The van der Waals surface area contributed by atoms with Crippen LogP contribution in [0.15, 0.2) is 24.3 Å². The highest BCUT2D eigenvalue weighted by molar-refractivity contribution is 5.28. The maximum absolute atomic E-state index is 5.23. The fourth-order valence-corrected chi connectivity index (χ4v) is 3.58. The lowest BCUT2D eigenvalue weighted by Crippen LogP contribution is -2.31. The number of benzene rings is 1. The monoisotopic (exact) mass is 289 g/mol. The molecule has 2 heteroatoms. The number of nitrogens with one attached hydrogen (secondary N) is 1. The zero-order valence-corrected chi connectivity index (χ0v) is 13.9. The van der Waals surface area contributed by atoms with E-state index >= 15 is 0 Å². The van der Waals surface area contributed by atoms with Gasteiger partial charge in [0.25, 0.3) is 0 Å². The van der Waals surface area contributed by atoms with Crippen LogP contribution in [0.4, 0.5) is 0 Å². The van der Waals surface area contributed by atoms with E-state index in [-0.39, 0.29) is 0 Å². The van der Waals surface area contributed by atoms with Crippen molar-refractivity contribution in [3.63, 3.8) is 0 Å². The lowest BCUT2D eigenvalue weighted by Gasteiger charge is -2.22. The van der Waals surface area contributed by atoms with Gasteiger partial charge in [-0.1, -0.05) is 44.7 Å². The van der Waals surface area contributed by atoms with E-state index in [1.807, 2.05) is 0 Å². The fraction of sp³-hybridized carbons (Fsp3) is 0.684. The highest BCUT2D eigenvalue weighted by Gasteiger charge is 2.19. The van der Waals surface area contributed by atoms with Crippen molar-refractivity contribution in [1.82, 2.24) is 5.32 Å². The largest absolute Gasteiger partial charge is 0.497 e. The molecule has 2 unspecified atom stereocenters. The molecule has 0 saturated heterocycles. The fourth-order valence-electron chi connectivity index (χ4n) is 3.58. The molecule has 0 bridgehead atoms. The number of hydrogen-bond acceptors (Lipinski definition) is 2. The number of methoxy groups -OCH3 is 1. The van der Waals surface area contributed by atoms with Crippen LogP contribution in [0, 0.1) is 5.92 Å². The third-order valence-electron chi connectivity index (χ3n) is 4.89. The molecule has 21 heavy (non-hydrogen) atoms. The highest BCUT2D eigenvalue weighted by atomic mass is 16.5. The van der Waals surface area contributed by atoms with E-state index in [9.17, 15) is 0 Å². The van der Waals surface area contributed by atoms with Crippen molar-refractivity contribution in [2.75, 3.05) is 7.11 Å². The van der Waals surface area contributed by atoms with E-state index in [1.54, 1.807) is 7.11 Å². The first-order valence-corrected chi connectivity index (χ1v) is 8.63. The Morgan fingerprint density at radius 3 is 2.57 bits per heavy atom. The van der Waals surface area contributed by atoms with Gasteiger partial charge in [0, 0.05) is 12.1 Å². The van der Waals surface area contributed by atoms with Crippen LogP contribution in [0.3, 0.4) is 0 Å². The lowest BCUT2D eigenvalue weighted by atomic mass is 9.95. The predicted octanol–water partition coefficient (Wildman–Crippen LogP) is 5.09. The van der Waals surface area contributed by atoms with Crippen molar-refractivity contribution < 1.29 is 4.74 Å². The van der Waals surface area contributed by atoms with Gasteiger partial charge in [0.1, 0.15) is 5.75 Å². The van der Waals surface area contributed by atoms with Gasteiger partial charge in [-0.3, -0.25) is 0 Å². The molecule has 0 spiro atoms. The molecule has 1 N–H and O–H groups in total. The molecule has 1 aliphatic carbocycles. The molecular weight excluding hydrogens is 258 g/mol. The quantitative estimate of drug-likeness (QED) is 0.736. The van der Waals surface area contributed by atoms with Crippen molar-refractivity contribution in [2.24, 2.45) is 5.92 Å². The summed E-state index contributed by atoms with van der Waals surface area (Å²) < 4.78 is 5.23. The summed E-state index contributed by atoms with van der Waals surface area (Å²) in [5.41, 5.74) is 1.35. The Kier molecular flexibility index (Phi) is 6.56. The van der Waals surface area contributed by atoms with Gasteiger partial charge in [-0.15, -0.1) is 0 Å². The smallest absolute Gasteiger partial charge is 0.118 e. The second-order valence-corrected chi connectivity index (χ2v) is 6.52. The van der Waals surface area contributed by atoms with Crippen LogP contribution >= 0.6 is 0 Å². The molecule has 0 aliphatic heterocycles. The van der Waals surface area contributed by atoms with E-state index in [0.717, 1.165) is 11.7 Å². The normalized spacial score (nSPS) is 24.3. The maximum atomic E-state index is 5.23. The Hall–Kier alpha value is -1.02. The summed E-state index contributed by atoms with van der Waals surface area (Å²) in [5, 5.41) is 3.83. The molecule has 1 saturated carbocycles. The van der Waals surface area contributed by atoms with Gasteiger partial charge in [-0.25, -0.2) is 0 Å². The van der Waals surface area contributed by atoms with E-state index in [0.29, 0.717) is 12.1 Å². The van der Waals surface area contributed by atoms with Crippen LogP contribution in [-0.4, -0.2) is 13.2 Å². The highest BCUT2D eigenvalue weighted by Crippen LogP contribution is 2.28. The standard InChI is InChI=1S/C19H31NO/c1-4-6-16-7-5-8-18(12-9-16)20-15(2)17-10-13-19(21-3)14-11-17/h10-11,13-16,18,20H,4-9,12H2,1-3H3/t15-,16?,18?/m0/s1. The zero-order chi connectivity index (χ0) is 15.1. The minimum Gasteiger partial charge on any atom is -0.497 e. The molecule has 1 aliphatic rings. The number of hydrogen-bond donors (Lipinski definition) is 1. The minimum atomic E-state index is 0.420. The molecule has 1 aromatic rings. The Balaban J connectivity index is 1.85. The van der Waals surface area contributed by atoms with Crippen LogP contribution in [0.5, 0.6) is 5.75 Å². The summed E-state index contributed by atoms with van der Waals surface area (Å²) in [6.07, 6.45) is 9.65. The summed E-state index contributed by atoms with van der Waals surface area (Å²) in [5.74, 6) is 1.90. The third kappa shape index (κ3) is 5.03. The molecule has 1 aromatic carbocycles. The second-order valence-electron chi connectivity index (χ2n) is 6.52. The topological polar surface area (TPSA) is 21.3 Å². The third-order valence-corrected chi connectivity index (χ3v) is 4.89. The average Bonchev–Trinajstić information content (AvgIpc) is 2.73. The molecule has 0 heterocycles. The van der Waals surface area contributed by atoms with Crippen molar-refractivity contribution >= 4 is 0 Å². The SMILES string of the molecule is CCCC1CCCC(N[C@@H](C)c2ccc(OC)cc2)CC1. The molecule has 118 valence electrons. The molecule has 1 fully saturated rings. The summed E-state index contributed by atoms with van der Waals surface area (Å²) in [6, 6.07) is 9.56. The first-order chi connectivity index (χ1) is 10.2. The molecular formula is C19H31NO. The van der Waals surface area contributed by atoms with Gasteiger partial charge in [0.2, 0.25) is 0 Å². The summed E-state index contributed by atoms with van der Waals surface area (Å²) >= 11 is 0. The van der Waals surface area contributed by atoms with E-state index in [4.69, 9.17) is 4.74 Å². The number of ether oxygens (including phenoxy) is 1. The Morgan fingerprint density at radius 1 is 1.14 bits per heavy atom. The molecule has 2 nitrogen and oxygen atoms in total. The van der Waals surface area contributed by atoms with Crippen LogP contribution in [0.25, 0.3) is 0 Å². The number of rotatable bonds is 6. The van der Waals surface area contributed by atoms with Crippen molar-refractivity contribution in [3.05, 3.63) is 29.8 Å². The van der Waals surface area contributed by atoms with E-state index in [2.05, 4.69) is 43.4 Å². The second kappa shape index (κ2) is 8.43. The molecule has 3 atom stereocenters. The molecule has 2 rings (SSSR count). The summed E-state index contributed by atoms with van der Waals surface area (Å²) in [4.78, 5) is 0. The van der Waals surface area contributed by atoms with E-state index < -0.39 is 0 Å². The van der Waals surface area contributed by atoms with Gasteiger partial charge in [-0.05, 0) is 49.8 Å². The van der Waals surface area contributed by atoms with Gasteiger partial charge in [0.15, 0.2) is 0 Å². The Labute approximate surface area is 130 Å². The van der Waals surface area contributed by atoms with Crippen LogP contribution < -0.4 is 10.1 Å². The van der Waals surface area contributed by atoms with E-state index in [1.165, 1.54) is 50.5 Å². The van der Waals surface area contributed by atoms with Crippen LogP contribution in [0.2, 0.25) is 0 Å². The van der Waals surface area contributed by atoms with Crippen molar-refractivity contribution in [1.29, 1.82) is 0 Å². The molecule has 0 radical (unpaired) electrons. The van der Waals surface area contributed by atoms with Crippen molar-refractivity contribution in [3.8, 4) is 5.75 Å². The Morgan fingerprint density at radius 2 is 1.90 bits per heavy atom. The predicted molar refractivity (Wildman–Crippen MR) is 89.8 cm³/mol. The summed E-state index contributed by atoms with van der Waals surface area (Å²) in [7, 11) is 1.72. The van der Waals surface area contributed by atoms with Gasteiger partial charge in [-0.2, -0.15) is 0 Å². The van der Waals surface area contributed by atoms with Crippen LogP contribution in [-0.2, 0) is 0 Å². The van der Waals surface area contributed by atoms with Gasteiger partial charge >= 0.3 is 0 Å². The maximum Gasteiger partial charge on any atom is 0.118 e. The van der Waals surface area contributed by atoms with Crippen molar-refractivity contribution in [2.45, 2.75) is 70.9 Å². The zero-order valence-electron chi connectivity index (χ0n) is 13.9. The van der Waals surface area contributed by atoms with Gasteiger partial charge in [0.05, 0.1) is 7.11 Å². The minimum absolute atomic E-state index is 0.420. The molecule has 0 aromatic heterocycles. The lowest BCUT2D eigenvalue weighted by molar-refractivity contribution is 0.392. The van der Waals surface area contributed by atoms with Crippen LogP contribution in [0.1, 0.15) is 70.4 Å². The van der Waals surface area contributed by atoms with Gasteiger partial charge < -0.3 is 10.1 Å². The summed E-state index contributed by atoms with van der Waals surface area (Å²) in [6.45, 7) is 4.59.